The molecule has 0 unspecified atom stereocenters. The van der Waals surface area contributed by atoms with Gasteiger partial charge in [0.05, 0.1) is 6.54 Å². The number of amides is 2. The van der Waals surface area contributed by atoms with Crippen molar-refractivity contribution in [3.8, 4) is 11.4 Å². The molecule has 0 atom stereocenters. The van der Waals surface area contributed by atoms with E-state index in [-0.39, 0.29) is 18.4 Å². The van der Waals surface area contributed by atoms with Crippen LogP contribution in [0.1, 0.15) is 5.56 Å². The number of carbonyl (C=O) groups excluding carboxylic acids is 2. The quantitative estimate of drug-likeness (QED) is 0.659. The topological polar surface area (TPSA) is 84.0 Å². The number of aromatic nitrogens is 2. The van der Waals surface area contributed by atoms with E-state index in [0.29, 0.717) is 11.0 Å². The molecule has 2 amide bonds. The smallest absolute Gasteiger partial charge is 0.245 e. The molecular weight excluding hydrogens is 348 g/mol. The molecule has 0 fully saturated rings. The van der Waals surface area contributed by atoms with E-state index in [1.165, 1.54) is 6.08 Å². The zero-order valence-electron chi connectivity index (χ0n) is 13.8. The summed E-state index contributed by atoms with van der Waals surface area (Å²) in [6.45, 7) is -0.141. The first-order valence-electron chi connectivity index (χ1n) is 7.90. The Kier molecular flexibility index (Phi) is 5.84. The maximum atomic E-state index is 11.9. The van der Waals surface area contributed by atoms with Crippen molar-refractivity contribution in [1.29, 1.82) is 0 Å². The Morgan fingerprint density at radius 1 is 1.00 bits per heavy atom. The van der Waals surface area contributed by atoms with E-state index >= 15 is 0 Å². The molecular formula is C19H16N4O2S. The number of rotatable bonds is 6. The molecule has 2 aromatic carbocycles. The van der Waals surface area contributed by atoms with Crippen molar-refractivity contribution in [3.05, 3.63) is 72.3 Å². The van der Waals surface area contributed by atoms with Crippen LogP contribution in [-0.2, 0) is 9.59 Å². The normalized spacial score (nSPS) is 10.6. The van der Waals surface area contributed by atoms with Crippen molar-refractivity contribution in [3.63, 3.8) is 0 Å². The Hall–Kier alpha value is -3.32. The fourth-order valence-electron chi connectivity index (χ4n) is 2.10. The average molecular weight is 364 g/mol. The number of nitrogens with zero attached hydrogens (tertiary/aromatic N) is 2. The molecule has 1 aromatic heterocycles. The third kappa shape index (κ3) is 5.09. The van der Waals surface area contributed by atoms with Crippen LogP contribution < -0.4 is 10.6 Å². The maximum Gasteiger partial charge on any atom is 0.245 e. The van der Waals surface area contributed by atoms with Crippen molar-refractivity contribution in [2.75, 3.05) is 11.9 Å². The van der Waals surface area contributed by atoms with Crippen LogP contribution in [0.3, 0.4) is 0 Å². The van der Waals surface area contributed by atoms with Crippen LogP contribution in [0.25, 0.3) is 17.5 Å². The van der Waals surface area contributed by atoms with Crippen LogP contribution in [0.2, 0.25) is 0 Å². The van der Waals surface area contributed by atoms with Crippen molar-refractivity contribution >= 4 is 34.6 Å². The molecule has 0 bridgehead atoms. The van der Waals surface area contributed by atoms with E-state index in [2.05, 4.69) is 20.0 Å². The first-order chi connectivity index (χ1) is 12.7. The predicted molar refractivity (Wildman–Crippen MR) is 102 cm³/mol. The number of hydrogen-bond donors (Lipinski definition) is 2. The van der Waals surface area contributed by atoms with Gasteiger partial charge in [-0.2, -0.15) is 9.36 Å². The molecule has 2 N–H and O–H groups in total. The van der Waals surface area contributed by atoms with E-state index in [0.717, 1.165) is 22.7 Å². The SMILES string of the molecule is O=C(C=Cc1ccccc1)NCC(=O)Nc1nc(-c2ccccc2)ns1. The lowest BCUT2D eigenvalue weighted by Crippen LogP contribution is -2.31. The number of hydrogen-bond acceptors (Lipinski definition) is 5. The van der Waals surface area contributed by atoms with E-state index in [1.807, 2.05) is 60.7 Å². The van der Waals surface area contributed by atoms with E-state index in [1.54, 1.807) is 6.08 Å². The summed E-state index contributed by atoms with van der Waals surface area (Å²) in [6.07, 6.45) is 3.07. The molecule has 0 saturated carbocycles. The summed E-state index contributed by atoms with van der Waals surface area (Å²) < 4.78 is 4.22. The minimum absolute atomic E-state index is 0.141. The first kappa shape index (κ1) is 17.5. The minimum atomic E-state index is -0.359. The summed E-state index contributed by atoms with van der Waals surface area (Å²) in [4.78, 5) is 28.0. The van der Waals surface area contributed by atoms with Gasteiger partial charge in [0.1, 0.15) is 0 Å². The van der Waals surface area contributed by atoms with Gasteiger partial charge in [0, 0.05) is 23.2 Å². The Bertz CT molecular complexity index is 908. The fraction of sp³-hybridized carbons (Fsp3) is 0.0526. The van der Waals surface area contributed by atoms with Gasteiger partial charge in [0.15, 0.2) is 5.82 Å². The Morgan fingerprint density at radius 2 is 1.69 bits per heavy atom. The monoisotopic (exact) mass is 364 g/mol. The molecule has 6 nitrogen and oxygen atoms in total. The fourth-order valence-corrected chi connectivity index (χ4v) is 2.71. The van der Waals surface area contributed by atoms with Gasteiger partial charge in [-0.05, 0) is 11.6 Å². The summed E-state index contributed by atoms with van der Waals surface area (Å²) in [5.74, 6) is -0.144. The second-order valence-electron chi connectivity index (χ2n) is 5.30. The highest BCUT2D eigenvalue weighted by Gasteiger charge is 2.09. The minimum Gasteiger partial charge on any atom is -0.343 e. The molecule has 1 heterocycles. The molecule has 0 spiro atoms. The molecule has 0 aliphatic carbocycles. The molecule has 7 heteroatoms. The summed E-state index contributed by atoms with van der Waals surface area (Å²) in [6, 6.07) is 18.9. The van der Waals surface area contributed by atoms with Gasteiger partial charge in [-0.25, -0.2) is 0 Å². The van der Waals surface area contributed by atoms with Gasteiger partial charge >= 0.3 is 0 Å². The Labute approximate surface area is 154 Å². The lowest BCUT2D eigenvalue weighted by molar-refractivity contribution is -0.121. The highest BCUT2D eigenvalue weighted by molar-refractivity contribution is 7.10. The number of nitrogens with one attached hydrogen (secondary N) is 2. The van der Waals surface area contributed by atoms with Crippen LogP contribution >= 0.6 is 11.5 Å². The van der Waals surface area contributed by atoms with Gasteiger partial charge in [-0.3, -0.25) is 14.9 Å². The number of anilines is 1. The zero-order valence-corrected chi connectivity index (χ0v) is 14.6. The zero-order chi connectivity index (χ0) is 18.2. The van der Waals surface area contributed by atoms with Gasteiger partial charge in [0.2, 0.25) is 16.9 Å². The van der Waals surface area contributed by atoms with E-state index in [4.69, 9.17) is 0 Å². The van der Waals surface area contributed by atoms with E-state index in [9.17, 15) is 9.59 Å². The maximum absolute atomic E-state index is 11.9. The van der Waals surface area contributed by atoms with Crippen LogP contribution in [0, 0.1) is 0 Å². The van der Waals surface area contributed by atoms with E-state index < -0.39 is 0 Å². The van der Waals surface area contributed by atoms with Gasteiger partial charge in [-0.15, -0.1) is 0 Å². The summed E-state index contributed by atoms with van der Waals surface area (Å²) in [7, 11) is 0. The third-order valence-corrected chi connectivity index (χ3v) is 3.98. The summed E-state index contributed by atoms with van der Waals surface area (Å²) >= 11 is 1.09. The molecule has 0 radical (unpaired) electrons. The number of benzene rings is 2. The molecule has 3 rings (SSSR count). The highest BCUT2D eigenvalue weighted by atomic mass is 32.1. The molecule has 130 valence electrons. The molecule has 0 aliphatic heterocycles. The predicted octanol–water partition coefficient (Wildman–Crippen LogP) is 2.97. The second kappa shape index (κ2) is 8.68. The average Bonchev–Trinajstić information content (AvgIpc) is 3.15. The second-order valence-corrected chi connectivity index (χ2v) is 6.05. The van der Waals surface area contributed by atoms with Gasteiger partial charge < -0.3 is 5.32 Å². The standard InChI is InChI=1S/C19H16N4O2S/c24-16(12-11-14-7-3-1-4-8-14)20-13-17(25)21-19-22-18(23-26-19)15-9-5-2-6-10-15/h1-12H,13H2,(H,20,24)(H,21,22,23,25). The molecule has 3 aromatic rings. The summed E-state index contributed by atoms with van der Waals surface area (Å²) in [5.41, 5.74) is 1.79. The number of carbonyl (C=O) groups is 2. The molecule has 0 saturated heterocycles. The van der Waals surface area contributed by atoms with Gasteiger partial charge in [0.25, 0.3) is 0 Å². The van der Waals surface area contributed by atoms with Crippen molar-refractivity contribution in [1.82, 2.24) is 14.7 Å². The van der Waals surface area contributed by atoms with Crippen molar-refractivity contribution < 1.29 is 9.59 Å². The highest BCUT2D eigenvalue weighted by Crippen LogP contribution is 2.20. The Balaban J connectivity index is 1.48. The van der Waals surface area contributed by atoms with Crippen LogP contribution in [0.5, 0.6) is 0 Å². The largest absolute Gasteiger partial charge is 0.343 e. The van der Waals surface area contributed by atoms with Crippen molar-refractivity contribution in [2.24, 2.45) is 0 Å². The van der Waals surface area contributed by atoms with Crippen molar-refractivity contribution in [2.45, 2.75) is 0 Å². The third-order valence-electron chi connectivity index (χ3n) is 3.35. The lowest BCUT2D eigenvalue weighted by atomic mass is 10.2. The molecule has 0 aliphatic rings. The Morgan fingerprint density at radius 3 is 2.42 bits per heavy atom. The lowest BCUT2D eigenvalue weighted by Gasteiger charge is -2.02. The van der Waals surface area contributed by atoms with Gasteiger partial charge in [-0.1, -0.05) is 60.7 Å². The van der Waals surface area contributed by atoms with Crippen LogP contribution in [0.15, 0.2) is 66.7 Å². The van der Waals surface area contributed by atoms with Crippen LogP contribution in [-0.4, -0.2) is 27.7 Å². The summed E-state index contributed by atoms with van der Waals surface area (Å²) in [5, 5.41) is 5.55. The first-order valence-corrected chi connectivity index (χ1v) is 8.68. The van der Waals surface area contributed by atoms with Crippen LogP contribution in [0.4, 0.5) is 5.13 Å². The molecule has 26 heavy (non-hydrogen) atoms.